The number of hydrogen-bond donors (Lipinski definition) is 2. The van der Waals surface area contributed by atoms with Gasteiger partial charge in [0.15, 0.2) is 11.6 Å². The standard InChI is InChI=1S/C51H68F2O7/c1-7-9-10-13-37-16-18-38(19-17-37)39-20-22-40(23-21-39)44-24-25-45(47(53)46(44)52)43-31-41(14-11-28-59-49(56)35(3)4)48(58-30-27-51(33-54,34-55)26-8-2)42(32-43)15-12-29-60-50(57)36(5)6/h20-25,31-32,37-38,54-55H,3,5,7-19,26-30,33-34H2,1-2,4,6H3. The van der Waals surface area contributed by atoms with E-state index < -0.39 is 29.0 Å². The van der Waals surface area contributed by atoms with Crippen molar-refractivity contribution < 1.29 is 42.8 Å². The summed E-state index contributed by atoms with van der Waals surface area (Å²) in [7, 11) is 0. The fourth-order valence-corrected chi connectivity index (χ4v) is 8.36. The molecule has 0 unspecified atom stereocenters. The first-order valence-electron chi connectivity index (χ1n) is 22.1. The van der Waals surface area contributed by atoms with Gasteiger partial charge in [-0.25, -0.2) is 18.4 Å². The second kappa shape index (κ2) is 24.2. The van der Waals surface area contributed by atoms with Gasteiger partial charge in [-0.3, -0.25) is 0 Å². The number of esters is 2. The molecular weight excluding hydrogens is 763 g/mol. The van der Waals surface area contributed by atoms with Gasteiger partial charge in [-0.05, 0) is 130 Å². The second-order valence-corrected chi connectivity index (χ2v) is 17.0. The molecule has 0 bridgehead atoms. The van der Waals surface area contributed by atoms with E-state index in [1.165, 1.54) is 44.1 Å². The maximum atomic E-state index is 16.4. The topological polar surface area (TPSA) is 102 Å². The number of aryl methyl sites for hydroxylation is 2. The number of hydrogen-bond acceptors (Lipinski definition) is 7. The van der Waals surface area contributed by atoms with Gasteiger partial charge in [-0.2, -0.15) is 0 Å². The summed E-state index contributed by atoms with van der Waals surface area (Å²) in [5, 5.41) is 20.4. The third-order valence-corrected chi connectivity index (χ3v) is 12.1. The Hall–Kier alpha value is -4.34. The summed E-state index contributed by atoms with van der Waals surface area (Å²) in [6.07, 6.45) is 13.3. The van der Waals surface area contributed by atoms with E-state index in [9.17, 15) is 19.8 Å². The average molecular weight is 831 g/mol. The molecule has 0 saturated heterocycles. The average Bonchev–Trinajstić information content (AvgIpc) is 3.25. The molecule has 60 heavy (non-hydrogen) atoms. The third kappa shape index (κ3) is 13.6. The fraction of sp³-hybridized carbons (Fsp3) is 0.529. The van der Waals surface area contributed by atoms with Crippen molar-refractivity contribution in [3.8, 4) is 28.0 Å². The van der Waals surface area contributed by atoms with Gasteiger partial charge < -0.3 is 24.4 Å². The van der Waals surface area contributed by atoms with E-state index in [-0.39, 0.29) is 55.3 Å². The summed E-state index contributed by atoms with van der Waals surface area (Å²) in [5.41, 5.74) is 3.80. The summed E-state index contributed by atoms with van der Waals surface area (Å²) < 4.78 is 49.7. The first kappa shape index (κ1) is 48.3. The number of halogens is 2. The Balaban J connectivity index is 1.65. The SMILES string of the molecule is C=C(C)C(=O)OCCCc1cc(-c2ccc(-c3ccc(C4CCC(CCCCC)CC4)cc3)c(F)c2F)cc(CCCOC(=O)C(=C)C)c1OCCC(CO)(CO)CCC. The van der Waals surface area contributed by atoms with Gasteiger partial charge in [0, 0.05) is 27.7 Å². The molecule has 328 valence electrons. The van der Waals surface area contributed by atoms with Crippen LogP contribution >= 0.6 is 0 Å². The molecule has 1 aliphatic carbocycles. The van der Waals surface area contributed by atoms with Crippen LogP contribution in [0, 0.1) is 23.0 Å². The van der Waals surface area contributed by atoms with Crippen LogP contribution in [-0.4, -0.2) is 55.2 Å². The minimum absolute atomic E-state index is 0.0857. The zero-order chi connectivity index (χ0) is 43.7. The van der Waals surface area contributed by atoms with Gasteiger partial charge in [0.1, 0.15) is 5.75 Å². The van der Waals surface area contributed by atoms with Crippen LogP contribution in [0.15, 0.2) is 72.8 Å². The Bertz CT molecular complexity index is 1820. The molecular formula is C51H68F2O7. The molecule has 0 aliphatic heterocycles. The molecule has 3 aromatic rings. The summed E-state index contributed by atoms with van der Waals surface area (Å²) in [4.78, 5) is 24.3. The Morgan fingerprint density at radius 2 is 1.23 bits per heavy atom. The third-order valence-electron chi connectivity index (χ3n) is 12.1. The highest BCUT2D eigenvalue weighted by molar-refractivity contribution is 5.87. The van der Waals surface area contributed by atoms with Gasteiger partial charge in [0.05, 0.1) is 33.0 Å². The number of benzene rings is 3. The van der Waals surface area contributed by atoms with Gasteiger partial charge in [0.2, 0.25) is 0 Å². The molecule has 3 aromatic carbocycles. The number of unbranched alkanes of at least 4 members (excludes halogenated alkanes) is 2. The van der Waals surface area contributed by atoms with Crippen LogP contribution < -0.4 is 4.74 Å². The van der Waals surface area contributed by atoms with E-state index in [1.54, 1.807) is 38.1 Å². The number of carbonyl (C=O) groups is 2. The quantitative estimate of drug-likeness (QED) is 0.0498. The van der Waals surface area contributed by atoms with Crippen molar-refractivity contribution in [3.05, 3.63) is 101 Å². The smallest absolute Gasteiger partial charge is 0.333 e. The van der Waals surface area contributed by atoms with Crippen LogP contribution in [0.3, 0.4) is 0 Å². The van der Waals surface area contributed by atoms with Gasteiger partial charge in [0.25, 0.3) is 0 Å². The number of ether oxygens (including phenoxy) is 3. The predicted octanol–water partition coefficient (Wildman–Crippen LogP) is 11.8. The van der Waals surface area contributed by atoms with Crippen molar-refractivity contribution in [2.75, 3.05) is 33.0 Å². The molecule has 0 atom stereocenters. The lowest BCUT2D eigenvalue weighted by Crippen LogP contribution is -2.31. The van der Waals surface area contributed by atoms with Gasteiger partial charge >= 0.3 is 11.9 Å². The number of aliphatic hydroxyl groups excluding tert-OH is 2. The van der Waals surface area contributed by atoms with E-state index in [4.69, 9.17) is 14.2 Å². The van der Waals surface area contributed by atoms with Gasteiger partial charge in [-0.15, -0.1) is 0 Å². The van der Waals surface area contributed by atoms with Crippen LogP contribution in [0.4, 0.5) is 8.78 Å². The highest BCUT2D eigenvalue weighted by atomic mass is 19.2. The van der Waals surface area contributed by atoms with Crippen molar-refractivity contribution in [2.45, 2.75) is 130 Å². The normalized spacial score (nSPS) is 15.4. The van der Waals surface area contributed by atoms with E-state index >= 15 is 8.78 Å². The molecule has 2 N–H and O–H groups in total. The van der Waals surface area contributed by atoms with E-state index in [2.05, 4.69) is 32.2 Å². The maximum Gasteiger partial charge on any atom is 0.333 e. The van der Waals surface area contributed by atoms with Crippen LogP contribution in [0.5, 0.6) is 5.75 Å². The minimum Gasteiger partial charge on any atom is -0.493 e. The number of aliphatic hydroxyl groups is 2. The molecule has 0 radical (unpaired) electrons. The molecule has 0 spiro atoms. The maximum absolute atomic E-state index is 16.4. The highest BCUT2D eigenvalue weighted by Crippen LogP contribution is 2.40. The monoisotopic (exact) mass is 830 g/mol. The first-order chi connectivity index (χ1) is 28.9. The lowest BCUT2D eigenvalue weighted by atomic mass is 9.77. The Labute approximate surface area is 357 Å². The molecule has 0 aromatic heterocycles. The summed E-state index contributed by atoms with van der Waals surface area (Å²) in [6.45, 7) is 14.6. The summed E-state index contributed by atoms with van der Waals surface area (Å²) in [6, 6.07) is 14.7. The van der Waals surface area contributed by atoms with Crippen LogP contribution in [-0.2, 0) is 31.9 Å². The zero-order valence-corrected chi connectivity index (χ0v) is 36.5. The van der Waals surface area contributed by atoms with Crippen LogP contribution in [0.2, 0.25) is 0 Å². The van der Waals surface area contributed by atoms with E-state index in [1.807, 2.05) is 19.1 Å². The van der Waals surface area contributed by atoms with Crippen molar-refractivity contribution in [3.63, 3.8) is 0 Å². The number of rotatable bonds is 25. The summed E-state index contributed by atoms with van der Waals surface area (Å²) in [5.74, 6) is -1.08. The van der Waals surface area contributed by atoms with Crippen LogP contribution in [0.25, 0.3) is 22.3 Å². The van der Waals surface area contributed by atoms with Crippen molar-refractivity contribution >= 4 is 11.9 Å². The first-order valence-corrected chi connectivity index (χ1v) is 22.1. The second-order valence-electron chi connectivity index (χ2n) is 17.0. The lowest BCUT2D eigenvalue weighted by molar-refractivity contribution is -0.139. The van der Waals surface area contributed by atoms with Crippen molar-refractivity contribution in [1.82, 2.24) is 0 Å². The van der Waals surface area contributed by atoms with Crippen LogP contribution in [0.1, 0.15) is 134 Å². The fourth-order valence-electron chi connectivity index (χ4n) is 8.36. The molecule has 4 rings (SSSR count). The molecule has 1 fully saturated rings. The highest BCUT2D eigenvalue weighted by Gasteiger charge is 2.29. The lowest BCUT2D eigenvalue weighted by Gasteiger charge is -2.30. The van der Waals surface area contributed by atoms with Gasteiger partial charge in [-0.1, -0.05) is 95.5 Å². The molecule has 0 heterocycles. The van der Waals surface area contributed by atoms with E-state index in [0.717, 1.165) is 25.2 Å². The van der Waals surface area contributed by atoms with E-state index in [0.29, 0.717) is 72.4 Å². The van der Waals surface area contributed by atoms with Crippen molar-refractivity contribution in [2.24, 2.45) is 11.3 Å². The molecule has 0 amide bonds. The largest absolute Gasteiger partial charge is 0.493 e. The zero-order valence-electron chi connectivity index (χ0n) is 36.5. The number of carbonyl (C=O) groups excluding carboxylic acids is 2. The molecule has 7 nitrogen and oxygen atoms in total. The Morgan fingerprint density at radius 3 is 1.72 bits per heavy atom. The Morgan fingerprint density at radius 1 is 0.700 bits per heavy atom. The predicted molar refractivity (Wildman–Crippen MR) is 236 cm³/mol. The molecule has 1 saturated carbocycles. The Kier molecular flexibility index (Phi) is 19.5. The molecule has 9 heteroatoms. The summed E-state index contributed by atoms with van der Waals surface area (Å²) >= 11 is 0. The molecule has 1 aliphatic rings. The van der Waals surface area contributed by atoms with Crippen molar-refractivity contribution in [1.29, 1.82) is 0 Å². The minimum atomic E-state index is -0.968.